The van der Waals surface area contributed by atoms with Crippen LogP contribution in [0.4, 0.5) is 5.69 Å². The van der Waals surface area contributed by atoms with Crippen LogP contribution in [0.25, 0.3) is 0 Å². The standard InChI is InChI=1S/C26H33N5O3S/c1-16(2)21-8-7-17(3)12-22(21)34-14-24(32)27-13-23-29-30-26(31(23)6)35-15-25(33)28-20-10-18(4)9-19(5)11-20/h7-12,16H,13-15H2,1-6H3,(H,27,32)(H,28,33). The summed E-state index contributed by atoms with van der Waals surface area (Å²) >= 11 is 1.29. The molecule has 9 heteroatoms. The summed E-state index contributed by atoms with van der Waals surface area (Å²) in [6.45, 7) is 10.3. The normalized spacial score (nSPS) is 10.9. The van der Waals surface area contributed by atoms with E-state index in [0.717, 1.165) is 33.7 Å². The molecule has 35 heavy (non-hydrogen) atoms. The summed E-state index contributed by atoms with van der Waals surface area (Å²) in [7, 11) is 1.81. The average molecular weight is 496 g/mol. The minimum atomic E-state index is -0.244. The zero-order valence-electron chi connectivity index (χ0n) is 21.1. The van der Waals surface area contributed by atoms with E-state index in [-0.39, 0.29) is 30.7 Å². The van der Waals surface area contributed by atoms with Gasteiger partial charge >= 0.3 is 0 Å². The van der Waals surface area contributed by atoms with Crippen LogP contribution in [0, 0.1) is 20.8 Å². The second kappa shape index (κ2) is 11.9. The molecule has 0 radical (unpaired) electrons. The number of amides is 2. The molecule has 0 saturated carbocycles. The maximum Gasteiger partial charge on any atom is 0.258 e. The monoisotopic (exact) mass is 495 g/mol. The Balaban J connectivity index is 1.48. The van der Waals surface area contributed by atoms with Crippen LogP contribution >= 0.6 is 11.8 Å². The number of anilines is 1. The zero-order chi connectivity index (χ0) is 25.5. The summed E-state index contributed by atoms with van der Waals surface area (Å²) in [5.41, 5.74) is 5.12. The van der Waals surface area contributed by atoms with Crippen LogP contribution in [-0.4, -0.2) is 38.9 Å². The van der Waals surface area contributed by atoms with Gasteiger partial charge in [-0.1, -0.05) is 43.8 Å². The summed E-state index contributed by atoms with van der Waals surface area (Å²) in [6, 6.07) is 12.0. The van der Waals surface area contributed by atoms with Crippen molar-refractivity contribution in [3.05, 3.63) is 64.5 Å². The topological polar surface area (TPSA) is 98.1 Å². The van der Waals surface area contributed by atoms with Gasteiger partial charge in [0.2, 0.25) is 5.91 Å². The minimum Gasteiger partial charge on any atom is -0.483 e. The Morgan fingerprint density at radius 2 is 1.71 bits per heavy atom. The second-order valence-electron chi connectivity index (χ2n) is 8.93. The largest absolute Gasteiger partial charge is 0.483 e. The number of carbonyl (C=O) groups is 2. The Hall–Kier alpha value is -3.33. The molecule has 3 rings (SSSR count). The van der Waals surface area contributed by atoms with Gasteiger partial charge in [0, 0.05) is 12.7 Å². The zero-order valence-corrected chi connectivity index (χ0v) is 22.0. The van der Waals surface area contributed by atoms with Crippen molar-refractivity contribution < 1.29 is 14.3 Å². The molecule has 0 unspecified atom stereocenters. The molecule has 186 valence electrons. The first kappa shape index (κ1) is 26.3. The van der Waals surface area contributed by atoms with E-state index in [1.165, 1.54) is 11.8 Å². The average Bonchev–Trinajstić information content (AvgIpc) is 3.13. The molecular formula is C26H33N5O3S. The van der Waals surface area contributed by atoms with Gasteiger partial charge in [-0.25, -0.2) is 0 Å². The Labute approximate surface area is 210 Å². The van der Waals surface area contributed by atoms with Crippen LogP contribution in [0.5, 0.6) is 5.75 Å². The van der Waals surface area contributed by atoms with Gasteiger partial charge < -0.3 is 19.9 Å². The Morgan fingerprint density at radius 3 is 2.40 bits per heavy atom. The molecule has 1 heterocycles. The highest BCUT2D eigenvalue weighted by molar-refractivity contribution is 7.99. The highest BCUT2D eigenvalue weighted by Crippen LogP contribution is 2.27. The van der Waals surface area contributed by atoms with E-state index in [4.69, 9.17) is 4.74 Å². The molecule has 0 aliphatic rings. The summed E-state index contributed by atoms with van der Waals surface area (Å²) in [5, 5.41) is 14.6. The SMILES string of the molecule is Cc1cc(C)cc(NC(=O)CSc2nnc(CNC(=O)COc3cc(C)ccc3C(C)C)n2C)c1. The number of benzene rings is 2. The predicted octanol–water partition coefficient (Wildman–Crippen LogP) is 4.29. The second-order valence-corrected chi connectivity index (χ2v) is 9.87. The number of rotatable bonds is 10. The molecule has 0 spiro atoms. The fraction of sp³-hybridized carbons (Fsp3) is 0.385. The molecule has 2 N–H and O–H groups in total. The third-order valence-electron chi connectivity index (χ3n) is 5.36. The first-order valence-electron chi connectivity index (χ1n) is 11.5. The van der Waals surface area contributed by atoms with Gasteiger partial charge in [-0.3, -0.25) is 9.59 Å². The number of nitrogens with one attached hydrogen (secondary N) is 2. The van der Waals surface area contributed by atoms with E-state index in [1.54, 1.807) is 4.57 Å². The number of nitrogens with zero attached hydrogens (tertiary/aromatic N) is 3. The van der Waals surface area contributed by atoms with Crippen molar-refractivity contribution in [2.45, 2.75) is 52.2 Å². The number of aryl methyl sites for hydroxylation is 3. The lowest BCUT2D eigenvalue weighted by atomic mass is 10.0. The van der Waals surface area contributed by atoms with Crippen LogP contribution in [0.2, 0.25) is 0 Å². The molecule has 2 aromatic carbocycles. The van der Waals surface area contributed by atoms with Gasteiger partial charge in [0.1, 0.15) is 5.75 Å². The van der Waals surface area contributed by atoms with Gasteiger partial charge in [-0.15, -0.1) is 10.2 Å². The number of hydrogen-bond acceptors (Lipinski definition) is 6. The minimum absolute atomic E-state index is 0.0821. The fourth-order valence-corrected chi connectivity index (χ4v) is 4.34. The van der Waals surface area contributed by atoms with Crippen molar-refractivity contribution in [3.63, 3.8) is 0 Å². The van der Waals surface area contributed by atoms with Crippen LogP contribution in [0.1, 0.15) is 47.8 Å². The smallest absolute Gasteiger partial charge is 0.258 e. The van der Waals surface area contributed by atoms with Crippen molar-refractivity contribution in [3.8, 4) is 5.75 Å². The number of carbonyl (C=O) groups excluding carboxylic acids is 2. The predicted molar refractivity (Wildman–Crippen MR) is 139 cm³/mol. The fourth-order valence-electron chi connectivity index (χ4n) is 3.61. The number of ether oxygens (including phenoxy) is 1. The van der Waals surface area contributed by atoms with Crippen molar-refractivity contribution >= 4 is 29.3 Å². The lowest BCUT2D eigenvalue weighted by Gasteiger charge is -2.14. The molecule has 0 bridgehead atoms. The first-order valence-corrected chi connectivity index (χ1v) is 12.5. The van der Waals surface area contributed by atoms with E-state index in [2.05, 4.69) is 40.7 Å². The van der Waals surface area contributed by atoms with Crippen molar-refractivity contribution in [1.29, 1.82) is 0 Å². The Kier molecular flexibility index (Phi) is 8.92. The summed E-state index contributed by atoms with van der Waals surface area (Å²) in [5.74, 6) is 1.46. The highest BCUT2D eigenvalue weighted by atomic mass is 32.2. The van der Waals surface area contributed by atoms with Gasteiger partial charge in [-0.2, -0.15) is 0 Å². The van der Waals surface area contributed by atoms with Crippen LogP contribution in [0.3, 0.4) is 0 Å². The number of hydrogen-bond donors (Lipinski definition) is 2. The van der Waals surface area contributed by atoms with Crippen LogP contribution in [0.15, 0.2) is 41.6 Å². The molecule has 0 aliphatic carbocycles. The van der Waals surface area contributed by atoms with Gasteiger partial charge in [0.15, 0.2) is 17.6 Å². The summed E-state index contributed by atoms with van der Waals surface area (Å²) in [4.78, 5) is 24.7. The van der Waals surface area contributed by atoms with Crippen LogP contribution in [-0.2, 0) is 23.2 Å². The van der Waals surface area contributed by atoms with Gasteiger partial charge in [0.25, 0.3) is 5.91 Å². The summed E-state index contributed by atoms with van der Waals surface area (Å²) in [6.07, 6.45) is 0. The third-order valence-corrected chi connectivity index (χ3v) is 6.38. The quantitative estimate of drug-likeness (QED) is 0.407. The molecule has 0 fully saturated rings. The summed E-state index contributed by atoms with van der Waals surface area (Å²) < 4.78 is 7.56. The maximum atomic E-state index is 12.4. The van der Waals surface area contributed by atoms with Crippen molar-refractivity contribution in [1.82, 2.24) is 20.1 Å². The van der Waals surface area contributed by atoms with Gasteiger partial charge in [-0.05, 0) is 67.1 Å². The molecule has 3 aromatic rings. The molecule has 8 nitrogen and oxygen atoms in total. The molecule has 1 aromatic heterocycles. The molecule has 2 amide bonds. The highest BCUT2D eigenvalue weighted by Gasteiger charge is 2.14. The van der Waals surface area contributed by atoms with Gasteiger partial charge in [0.05, 0.1) is 12.3 Å². The van der Waals surface area contributed by atoms with Crippen molar-refractivity contribution in [2.24, 2.45) is 7.05 Å². The van der Waals surface area contributed by atoms with E-state index in [9.17, 15) is 9.59 Å². The van der Waals surface area contributed by atoms with Crippen LogP contribution < -0.4 is 15.4 Å². The maximum absolute atomic E-state index is 12.4. The van der Waals surface area contributed by atoms with E-state index in [1.807, 2.05) is 58.2 Å². The van der Waals surface area contributed by atoms with E-state index < -0.39 is 0 Å². The first-order chi connectivity index (χ1) is 16.6. The molecule has 0 saturated heterocycles. The Bertz CT molecular complexity index is 1190. The van der Waals surface area contributed by atoms with E-state index >= 15 is 0 Å². The Morgan fingerprint density at radius 1 is 1.00 bits per heavy atom. The molecule has 0 aliphatic heterocycles. The lowest BCUT2D eigenvalue weighted by molar-refractivity contribution is -0.123. The number of aromatic nitrogens is 3. The molecular weight excluding hydrogens is 462 g/mol. The van der Waals surface area contributed by atoms with Crippen molar-refractivity contribution in [2.75, 3.05) is 17.7 Å². The molecule has 0 atom stereocenters. The third kappa shape index (κ3) is 7.58. The number of thioether (sulfide) groups is 1. The lowest BCUT2D eigenvalue weighted by Crippen LogP contribution is -2.29. The van der Waals surface area contributed by atoms with E-state index in [0.29, 0.717) is 16.9 Å².